The SMILES string of the molecule is Cn1cc(Sc2cccnc2C(=O)O)cn1. The molecule has 0 bridgehead atoms. The summed E-state index contributed by atoms with van der Waals surface area (Å²) in [7, 11) is 1.81. The van der Waals surface area contributed by atoms with Crippen LogP contribution >= 0.6 is 11.8 Å². The Hall–Kier alpha value is -1.82. The van der Waals surface area contributed by atoms with Crippen LogP contribution in [0.15, 0.2) is 40.5 Å². The lowest BCUT2D eigenvalue weighted by Crippen LogP contribution is -2.01. The third-order valence-corrected chi connectivity index (χ3v) is 2.88. The van der Waals surface area contributed by atoms with Crippen molar-refractivity contribution in [3.63, 3.8) is 0 Å². The first-order valence-electron chi connectivity index (χ1n) is 4.51. The van der Waals surface area contributed by atoms with Gasteiger partial charge in [0, 0.05) is 24.3 Å². The van der Waals surface area contributed by atoms with Gasteiger partial charge in [-0.05, 0) is 12.1 Å². The van der Waals surface area contributed by atoms with E-state index in [0.29, 0.717) is 4.90 Å². The van der Waals surface area contributed by atoms with Crippen molar-refractivity contribution in [1.29, 1.82) is 0 Å². The van der Waals surface area contributed by atoms with Gasteiger partial charge in [0.05, 0.1) is 11.1 Å². The lowest BCUT2D eigenvalue weighted by molar-refractivity contribution is 0.0686. The van der Waals surface area contributed by atoms with Gasteiger partial charge in [-0.15, -0.1) is 0 Å². The highest BCUT2D eigenvalue weighted by Gasteiger charge is 2.12. The minimum Gasteiger partial charge on any atom is -0.476 e. The number of carbonyl (C=O) groups is 1. The molecule has 0 atom stereocenters. The predicted molar refractivity (Wildman–Crippen MR) is 58.5 cm³/mol. The number of hydrogen-bond donors (Lipinski definition) is 1. The molecule has 2 aromatic rings. The zero-order valence-electron chi connectivity index (χ0n) is 8.49. The van der Waals surface area contributed by atoms with E-state index in [0.717, 1.165) is 4.90 Å². The number of carboxylic acids is 1. The number of aromatic carboxylic acids is 1. The first-order valence-corrected chi connectivity index (χ1v) is 5.33. The number of aromatic nitrogens is 3. The van der Waals surface area contributed by atoms with Crippen LogP contribution in [0.3, 0.4) is 0 Å². The standard InChI is InChI=1S/C10H9N3O2S/c1-13-6-7(5-12-13)16-8-3-2-4-11-9(8)10(14)15/h2-6H,1H3,(H,14,15). The molecule has 2 aromatic heterocycles. The van der Waals surface area contributed by atoms with Crippen LogP contribution in [0.2, 0.25) is 0 Å². The van der Waals surface area contributed by atoms with Gasteiger partial charge in [-0.25, -0.2) is 9.78 Å². The Morgan fingerprint density at radius 3 is 3.00 bits per heavy atom. The fourth-order valence-corrected chi connectivity index (χ4v) is 2.15. The summed E-state index contributed by atoms with van der Waals surface area (Å²) in [4.78, 5) is 16.3. The van der Waals surface area contributed by atoms with Crippen molar-refractivity contribution in [2.45, 2.75) is 9.79 Å². The number of rotatable bonds is 3. The third kappa shape index (κ3) is 2.22. The highest BCUT2D eigenvalue weighted by Crippen LogP contribution is 2.28. The predicted octanol–water partition coefficient (Wildman–Crippen LogP) is 1.66. The second kappa shape index (κ2) is 4.36. The van der Waals surface area contributed by atoms with E-state index in [-0.39, 0.29) is 5.69 Å². The van der Waals surface area contributed by atoms with Gasteiger partial charge in [-0.3, -0.25) is 4.68 Å². The summed E-state index contributed by atoms with van der Waals surface area (Å²) in [6.45, 7) is 0. The van der Waals surface area contributed by atoms with Crippen LogP contribution < -0.4 is 0 Å². The van der Waals surface area contributed by atoms with Crippen molar-refractivity contribution in [3.05, 3.63) is 36.4 Å². The van der Waals surface area contributed by atoms with Gasteiger partial charge >= 0.3 is 5.97 Å². The van der Waals surface area contributed by atoms with Gasteiger partial charge in [0.25, 0.3) is 0 Å². The highest BCUT2D eigenvalue weighted by atomic mass is 32.2. The molecular weight excluding hydrogens is 226 g/mol. The molecule has 0 saturated carbocycles. The molecule has 82 valence electrons. The summed E-state index contributed by atoms with van der Waals surface area (Å²) in [6, 6.07) is 3.44. The van der Waals surface area contributed by atoms with E-state index in [9.17, 15) is 4.79 Å². The molecule has 6 heteroatoms. The Kier molecular flexibility index (Phi) is 2.91. The van der Waals surface area contributed by atoms with Crippen molar-refractivity contribution in [1.82, 2.24) is 14.8 Å². The smallest absolute Gasteiger partial charge is 0.355 e. The Labute approximate surface area is 96.1 Å². The summed E-state index contributed by atoms with van der Waals surface area (Å²) in [5, 5.41) is 13.0. The molecule has 0 unspecified atom stereocenters. The second-order valence-electron chi connectivity index (χ2n) is 3.11. The van der Waals surface area contributed by atoms with Gasteiger partial charge in [-0.2, -0.15) is 5.10 Å². The van der Waals surface area contributed by atoms with Crippen LogP contribution in [0.1, 0.15) is 10.5 Å². The van der Waals surface area contributed by atoms with Crippen LogP contribution in [0.4, 0.5) is 0 Å². The van der Waals surface area contributed by atoms with Crippen LogP contribution in [-0.2, 0) is 7.05 Å². The van der Waals surface area contributed by atoms with Crippen LogP contribution in [0.5, 0.6) is 0 Å². The van der Waals surface area contributed by atoms with Crippen molar-refractivity contribution in [2.24, 2.45) is 7.05 Å². The lowest BCUT2D eigenvalue weighted by Gasteiger charge is -2.01. The monoisotopic (exact) mass is 235 g/mol. The van der Waals surface area contributed by atoms with E-state index in [1.54, 1.807) is 23.0 Å². The average Bonchev–Trinajstić information content (AvgIpc) is 2.64. The summed E-state index contributed by atoms with van der Waals surface area (Å²) in [6.07, 6.45) is 4.98. The molecule has 2 rings (SSSR count). The van der Waals surface area contributed by atoms with Gasteiger partial charge in [0.2, 0.25) is 0 Å². The maximum absolute atomic E-state index is 10.9. The third-order valence-electron chi connectivity index (χ3n) is 1.88. The number of carboxylic acid groups (broad SMARTS) is 1. The minimum atomic E-state index is -1.02. The first-order chi connectivity index (χ1) is 7.66. The van der Waals surface area contributed by atoms with E-state index in [4.69, 9.17) is 5.11 Å². The Balaban J connectivity index is 2.31. The van der Waals surface area contributed by atoms with Gasteiger partial charge in [-0.1, -0.05) is 11.8 Å². The molecule has 0 aliphatic carbocycles. The molecule has 0 fully saturated rings. The topological polar surface area (TPSA) is 68.0 Å². The van der Waals surface area contributed by atoms with Crippen molar-refractivity contribution in [2.75, 3.05) is 0 Å². The zero-order chi connectivity index (χ0) is 11.5. The summed E-state index contributed by atoms with van der Waals surface area (Å²) >= 11 is 1.34. The largest absolute Gasteiger partial charge is 0.476 e. The molecule has 0 saturated heterocycles. The molecule has 2 heterocycles. The number of aryl methyl sites for hydroxylation is 1. The number of pyridine rings is 1. The molecule has 16 heavy (non-hydrogen) atoms. The molecule has 0 amide bonds. The molecule has 0 spiro atoms. The second-order valence-corrected chi connectivity index (χ2v) is 4.22. The summed E-state index contributed by atoms with van der Waals surface area (Å²) in [5.74, 6) is -1.02. The van der Waals surface area contributed by atoms with Gasteiger partial charge < -0.3 is 5.11 Å². The average molecular weight is 235 g/mol. The number of nitrogens with zero attached hydrogens (tertiary/aromatic N) is 3. The van der Waals surface area contributed by atoms with Gasteiger partial charge in [0.1, 0.15) is 0 Å². The lowest BCUT2D eigenvalue weighted by atomic mass is 10.3. The molecule has 5 nitrogen and oxygen atoms in total. The van der Waals surface area contributed by atoms with Crippen LogP contribution in [0.25, 0.3) is 0 Å². The fourth-order valence-electron chi connectivity index (χ4n) is 1.21. The first kappa shape index (κ1) is 10.7. The molecule has 0 aliphatic rings. The Morgan fingerprint density at radius 1 is 1.56 bits per heavy atom. The quantitative estimate of drug-likeness (QED) is 0.876. The molecule has 0 aliphatic heterocycles. The highest BCUT2D eigenvalue weighted by molar-refractivity contribution is 7.99. The van der Waals surface area contributed by atoms with Crippen LogP contribution in [0, 0.1) is 0 Å². The Morgan fingerprint density at radius 2 is 2.38 bits per heavy atom. The van der Waals surface area contributed by atoms with Gasteiger partial charge in [0.15, 0.2) is 5.69 Å². The van der Waals surface area contributed by atoms with E-state index < -0.39 is 5.97 Å². The number of hydrogen-bond acceptors (Lipinski definition) is 4. The van der Waals surface area contributed by atoms with E-state index in [1.807, 2.05) is 13.2 Å². The molecule has 0 radical (unpaired) electrons. The maximum atomic E-state index is 10.9. The normalized spacial score (nSPS) is 10.3. The maximum Gasteiger partial charge on any atom is 0.355 e. The van der Waals surface area contributed by atoms with Crippen LogP contribution in [-0.4, -0.2) is 25.8 Å². The molecule has 1 N–H and O–H groups in total. The Bertz CT molecular complexity index is 524. The van der Waals surface area contributed by atoms with Crippen molar-refractivity contribution < 1.29 is 9.90 Å². The molecular formula is C10H9N3O2S. The molecule has 0 aromatic carbocycles. The van der Waals surface area contributed by atoms with Crippen molar-refractivity contribution in [3.8, 4) is 0 Å². The van der Waals surface area contributed by atoms with E-state index in [1.165, 1.54) is 18.0 Å². The van der Waals surface area contributed by atoms with E-state index >= 15 is 0 Å². The summed E-state index contributed by atoms with van der Waals surface area (Å²) < 4.78 is 1.67. The summed E-state index contributed by atoms with van der Waals surface area (Å²) in [5.41, 5.74) is 0.0661. The minimum absolute atomic E-state index is 0.0661. The van der Waals surface area contributed by atoms with Crippen molar-refractivity contribution >= 4 is 17.7 Å². The fraction of sp³-hybridized carbons (Fsp3) is 0.100. The zero-order valence-corrected chi connectivity index (χ0v) is 9.31. The van der Waals surface area contributed by atoms with E-state index in [2.05, 4.69) is 10.1 Å².